The maximum atomic E-state index is 11.6. The van der Waals surface area contributed by atoms with E-state index in [9.17, 15) is 4.79 Å². The summed E-state index contributed by atoms with van der Waals surface area (Å²) in [5, 5.41) is 6.89. The van der Waals surface area contributed by atoms with Gasteiger partial charge in [0.1, 0.15) is 0 Å². The number of carbonyl (C=O) groups excluding carboxylic acids is 1. The Bertz CT molecular complexity index is 384. The summed E-state index contributed by atoms with van der Waals surface area (Å²) in [5.41, 5.74) is 2.08. The van der Waals surface area contributed by atoms with E-state index in [0.29, 0.717) is 6.42 Å². The maximum Gasteiger partial charge on any atom is 0.290 e. The number of Topliss-reactive ketones (excluding diaryl/α,β-unsaturated/α-hetero) is 1. The number of hydrogen-bond donors (Lipinski definition) is 1. The number of hydrogen-bond acceptors (Lipinski definition) is 2. The first-order valence-corrected chi connectivity index (χ1v) is 7.67. The van der Waals surface area contributed by atoms with Gasteiger partial charge in [-0.2, -0.15) is 0 Å². The molecule has 3 heteroatoms. The van der Waals surface area contributed by atoms with E-state index in [2.05, 4.69) is 27.7 Å². The molecular weight excluding hydrogens is 264 g/mol. The fourth-order valence-corrected chi connectivity index (χ4v) is 1.46. The van der Waals surface area contributed by atoms with Crippen LogP contribution in [0.2, 0.25) is 0 Å². The highest BCUT2D eigenvalue weighted by atomic mass is 16.3. The Morgan fingerprint density at radius 3 is 2.05 bits per heavy atom. The van der Waals surface area contributed by atoms with E-state index in [-0.39, 0.29) is 12.3 Å². The van der Waals surface area contributed by atoms with Gasteiger partial charge in [-0.3, -0.25) is 9.59 Å². The monoisotopic (exact) mass is 294 g/mol. The van der Waals surface area contributed by atoms with Gasteiger partial charge in [0.2, 0.25) is 0 Å². The quantitative estimate of drug-likeness (QED) is 0.615. The van der Waals surface area contributed by atoms with Gasteiger partial charge in [0.25, 0.3) is 6.47 Å². The Labute approximate surface area is 129 Å². The molecular formula is C18H30O3. The molecule has 0 spiro atoms. The largest absolute Gasteiger partial charge is 0.483 e. The van der Waals surface area contributed by atoms with E-state index in [4.69, 9.17) is 9.90 Å². The summed E-state index contributed by atoms with van der Waals surface area (Å²) in [6, 6.07) is 7.88. The number of carboxylic acid groups (broad SMARTS) is 1. The molecule has 120 valence electrons. The minimum atomic E-state index is -0.250. The van der Waals surface area contributed by atoms with Crippen molar-refractivity contribution < 1.29 is 14.7 Å². The summed E-state index contributed by atoms with van der Waals surface area (Å²) in [4.78, 5) is 20.0. The minimum Gasteiger partial charge on any atom is -0.483 e. The van der Waals surface area contributed by atoms with Crippen molar-refractivity contribution in [2.45, 2.75) is 60.3 Å². The first kappa shape index (κ1) is 21.7. The second-order valence-corrected chi connectivity index (χ2v) is 5.09. The highest BCUT2D eigenvalue weighted by Gasteiger charge is 2.07. The molecule has 3 nitrogen and oxygen atoms in total. The molecule has 0 saturated heterocycles. The lowest BCUT2D eigenvalue weighted by atomic mass is 9.99. The van der Waals surface area contributed by atoms with Crippen LogP contribution in [-0.4, -0.2) is 17.4 Å². The van der Waals surface area contributed by atoms with E-state index in [1.54, 1.807) is 0 Å². The summed E-state index contributed by atoms with van der Waals surface area (Å²) >= 11 is 0. The van der Waals surface area contributed by atoms with E-state index in [0.717, 1.165) is 24.3 Å². The predicted molar refractivity (Wildman–Crippen MR) is 88.9 cm³/mol. The highest BCUT2D eigenvalue weighted by molar-refractivity contribution is 5.97. The van der Waals surface area contributed by atoms with Crippen LogP contribution >= 0.6 is 0 Å². The van der Waals surface area contributed by atoms with Gasteiger partial charge in [-0.05, 0) is 24.3 Å². The van der Waals surface area contributed by atoms with Gasteiger partial charge in [0.15, 0.2) is 5.78 Å². The van der Waals surface area contributed by atoms with Gasteiger partial charge < -0.3 is 5.11 Å². The fraction of sp³-hybridized carbons (Fsp3) is 0.556. The first-order chi connectivity index (χ1) is 9.98. The van der Waals surface area contributed by atoms with Crippen LogP contribution in [0, 0.1) is 5.92 Å². The number of carbonyl (C=O) groups is 2. The van der Waals surface area contributed by atoms with Crippen LogP contribution in [-0.2, 0) is 11.2 Å². The third-order valence-electron chi connectivity index (χ3n) is 2.99. The van der Waals surface area contributed by atoms with Gasteiger partial charge in [0.05, 0.1) is 0 Å². The lowest BCUT2D eigenvalue weighted by molar-refractivity contribution is -0.122. The van der Waals surface area contributed by atoms with Gasteiger partial charge in [-0.15, -0.1) is 0 Å². The number of rotatable bonds is 5. The summed E-state index contributed by atoms with van der Waals surface area (Å²) in [7, 11) is 0. The molecule has 0 radical (unpaired) electrons. The van der Waals surface area contributed by atoms with Crippen LogP contribution in [0.4, 0.5) is 0 Å². The molecule has 0 fully saturated rings. The van der Waals surface area contributed by atoms with Crippen molar-refractivity contribution in [3.63, 3.8) is 0 Å². The summed E-state index contributed by atoms with van der Waals surface area (Å²) in [6.07, 6.45) is 3.83. The van der Waals surface area contributed by atoms with Crippen LogP contribution in [0.5, 0.6) is 0 Å². The molecule has 1 rings (SSSR count). The summed E-state index contributed by atoms with van der Waals surface area (Å²) in [6.45, 7) is 10.5. The van der Waals surface area contributed by atoms with Crippen molar-refractivity contribution in [1.29, 1.82) is 0 Å². The van der Waals surface area contributed by atoms with Gasteiger partial charge in [0, 0.05) is 12.0 Å². The van der Waals surface area contributed by atoms with Crippen molar-refractivity contribution in [3.05, 3.63) is 35.4 Å². The van der Waals surface area contributed by atoms with Gasteiger partial charge >= 0.3 is 0 Å². The van der Waals surface area contributed by atoms with Crippen molar-refractivity contribution in [2.75, 3.05) is 0 Å². The summed E-state index contributed by atoms with van der Waals surface area (Å²) in [5.74, 6) is 1.16. The third kappa shape index (κ3) is 11.9. The number of aryl methyl sites for hydroxylation is 1. The first-order valence-electron chi connectivity index (χ1n) is 7.67. The molecule has 0 heterocycles. The lowest BCUT2D eigenvalue weighted by Gasteiger charge is -2.04. The highest BCUT2D eigenvalue weighted by Crippen LogP contribution is 2.12. The average Bonchev–Trinajstić information content (AvgIpc) is 2.48. The molecule has 0 atom stereocenters. The number of benzene rings is 1. The fourth-order valence-electron chi connectivity index (χ4n) is 1.46. The molecule has 0 saturated carbocycles. The number of ketones is 1. The molecule has 0 bridgehead atoms. The zero-order valence-electron chi connectivity index (χ0n) is 14.1. The molecule has 0 aliphatic heterocycles. The molecule has 1 aromatic rings. The van der Waals surface area contributed by atoms with Crippen molar-refractivity contribution in [1.82, 2.24) is 0 Å². The molecule has 1 N–H and O–H groups in total. The molecule has 0 aromatic heterocycles. The lowest BCUT2D eigenvalue weighted by Crippen LogP contribution is -2.02. The van der Waals surface area contributed by atoms with Gasteiger partial charge in [-0.25, -0.2) is 0 Å². The Kier molecular flexibility index (Phi) is 15.2. The Morgan fingerprint density at radius 1 is 1.19 bits per heavy atom. The smallest absolute Gasteiger partial charge is 0.290 e. The third-order valence-corrected chi connectivity index (χ3v) is 2.99. The van der Waals surface area contributed by atoms with Crippen molar-refractivity contribution >= 4 is 12.3 Å². The van der Waals surface area contributed by atoms with E-state index in [1.165, 1.54) is 12.0 Å². The van der Waals surface area contributed by atoms with Crippen LogP contribution in [0.15, 0.2) is 24.3 Å². The Morgan fingerprint density at radius 2 is 1.67 bits per heavy atom. The summed E-state index contributed by atoms with van der Waals surface area (Å²) < 4.78 is 0. The SMILES string of the molecule is CCC(C)C.CCCC(=O)c1ccccc1CC.O=CO. The Hall–Kier alpha value is -1.64. The van der Waals surface area contributed by atoms with Crippen LogP contribution in [0.25, 0.3) is 0 Å². The normalized spacial score (nSPS) is 9.05. The predicted octanol–water partition coefficient (Wildman–Crippen LogP) is 4.99. The maximum absolute atomic E-state index is 11.6. The molecule has 0 aliphatic carbocycles. The molecule has 21 heavy (non-hydrogen) atoms. The molecule has 0 aliphatic rings. The standard InChI is InChI=1S/C12H16O.C5H12.CH2O2/c1-3-7-12(13)11-9-6-5-8-10(11)4-2;1-4-5(2)3;2-1-3/h5-6,8-9H,3-4,7H2,1-2H3;5H,4H2,1-3H3;1H,(H,2,3). The average molecular weight is 294 g/mol. The topological polar surface area (TPSA) is 54.4 Å². The van der Waals surface area contributed by atoms with Crippen molar-refractivity contribution in [3.8, 4) is 0 Å². The van der Waals surface area contributed by atoms with Crippen LogP contribution in [0.1, 0.15) is 69.8 Å². The van der Waals surface area contributed by atoms with E-state index >= 15 is 0 Å². The zero-order chi connectivity index (χ0) is 16.7. The Balaban J connectivity index is 0. The second kappa shape index (κ2) is 14.8. The van der Waals surface area contributed by atoms with Crippen LogP contribution < -0.4 is 0 Å². The minimum absolute atomic E-state index is 0.250. The second-order valence-electron chi connectivity index (χ2n) is 5.09. The van der Waals surface area contributed by atoms with E-state index < -0.39 is 0 Å². The van der Waals surface area contributed by atoms with Crippen LogP contribution in [0.3, 0.4) is 0 Å². The zero-order valence-corrected chi connectivity index (χ0v) is 14.1. The molecule has 0 amide bonds. The van der Waals surface area contributed by atoms with Gasteiger partial charge in [-0.1, -0.05) is 65.3 Å². The van der Waals surface area contributed by atoms with E-state index in [1.807, 2.05) is 31.2 Å². The molecule has 0 unspecified atom stereocenters. The molecule has 1 aromatic carbocycles. The van der Waals surface area contributed by atoms with Crippen molar-refractivity contribution in [2.24, 2.45) is 5.92 Å².